The van der Waals surface area contributed by atoms with Gasteiger partial charge in [0.05, 0.1) is 0 Å². The van der Waals surface area contributed by atoms with Gasteiger partial charge in [0.2, 0.25) is 0 Å². The molecule has 2 aromatic carbocycles. The minimum Gasteiger partial charge on any atom is -0.444 e. The van der Waals surface area contributed by atoms with Crippen molar-refractivity contribution >= 4 is 18.5 Å². The van der Waals surface area contributed by atoms with Crippen LogP contribution in [0.2, 0.25) is 0 Å². The molecule has 3 N–H and O–H groups in total. The summed E-state index contributed by atoms with van der Waals surface area (Å²) in [4.78, 5) is 12.2. The maximum Gasteiger partial charge on any atom is 0.407 e. The molecular weight excluding hydrogens is 372 g/mol. The summed E-state index contributed by atoms with van der Waals surface area (Å²) >= 11 is 0. The molecule has 0 aliphatic carbocycles. The molecule has 0 aliphatic heterocycles. The summed E-state index contributed by atoms with van der Waals surface area (Å²) in [5.41, 5.74) is 8.26. The number of alkyl carbamates (subject to hydrolysis) is 1. The maximum atomic E-state index is 12.2. The van der Waals surface area contributed by atoms with Crippen LogP contribution in [0.1, 0.15) is 44.7 Å². The average molecular weight is 405 g/mol. The Balaban J connectivity index is 0.00000392. The first kappa shape index (κ1) is 24.0. The third-order valence-corrected chi connectivity index (χ3v) is 4.27. The first-order chi connectivity index (χ1) is 12.8. The molecule has 154 valence electrons. The number of amides is 1. The minimum absolute atomic E-state index is 0. The van der Waals surface area contributed by atoms with E-state index in [0.717, 1.165) is 25.7 Å². The van der Waals surface area contributed by atoms with Crippen molar-refractivity contribution in [2.75, 3.05) is 0 Å². The van der Waals surface area contributed by atoms with Crippen molar-refractivity contribution in [3.63, 3.8) is 0 Å². The maximum absolute atomic E-state index is 12.2. The van der Waals surface area contributed by atoms with Gasteiger partial charge in [0.25, 0.3) is 0 Å². The number of benzene rings is 2. The molecule has 2 atom stereocenters. The number of carbonyl (C=O) groups is 1. The second-order valence-electron chi connectivity index (χ2n) is 8.06. The summed E-state index contributed by atoms with van der Waals surface area (Å²) in [6.45, 7) is 5.61. The van der Waals surface area contributed by atoms with Gasteiger partial charge in [-0.1, -0.05) is 60.7 Å². The minimum atomic E-state index is -0.509. The Hall–Kier alpha value is -2.04. The van der Waals surface area contributed by atoms with Gasteiger partial charge < -0.3 is 15.8 Å². The Labute approximate surface area is 175 Å². The fourth-order valence-electron chi connectivity index (χ4n) is 3.03. The van der Waals surface area contributed by atoms with Gasteiger partial charge >= 0.3 is 6.09 Å². The van der Waals surface area contributed by atoms with Gasteiger partial charge in [0, 0.05) is 12.1 Å². The third kappa shape index (κ3) is 9.77. The molecule has 5 heteroatoms. The Morgan fingerprint density at radius 1 is 0.929 bits per heavy atom. The van der Waals surface area contributed by atoms with Gasteiger partial charge in [0.15, 0.2) is 0 Å². The van der Waals surface area contributed by atoms with Gasteiger partial charge in [-0.05, 0) is 57.6 Å². The number of halogens is 1. The Bertz CT molecular complexity index is 687. The number of hydrogen-bond acceptors (Lipinski definition) is 3. The third-order valence-electron chi connectivity index (χ3n) is 4.27. The molecule has 0 aliphatic rings. The zero-order valence-corrected chi connectivity index (χ0v) is 17.9. The van der Waals surface area contributed by atoms with Crippen LogP contribution in [-0.4, -0.2) is 23.8 Å². The van der Waals surface area contributed by atoms with Crippen LogP contribution >= 0.6 is 12.4 Å². The van der Waals surface area contributed by atoms with Crippen LogP contribution in [0.25, 0.3) is 0 Å². The lowest BCUT2D eigenvalue weighted by molar-refractivity contribution is 0.0500. The lowest BCUT2D eigenvalue weighted by atomic mass is 9.96. The van der Waals surface area contributed by atoms with E-state index >= 15 is 0 Å². The summed E-state index contributed by atoms with van der Waals surface area (Å²) in [7, 11) is 0. The van der Waals surface area contributed by atoms with Crippen LogP contribution in [0.3, 0.4) is 0 Å². The second-order valence-corrected chi connectivity index (χ2v) is 8.06. The first-order valence-electron chi connectivity index (χ1n) is 9.65. The molecule has 0 bridgehead atoms. The Morgan fingerprint density at radius 2 is 1.43 bits per heavy atom. The molecule has 0 spiro atoms. The zero-order valence-electron chi connectivity index (χ0n) is 17.1. The highest BCUT2D eigenvalue weighted by Gasteiger charge is 2.20. The number of nitrogens with two attached hydrogens (primary N) is 1. The normalized spacial score (nSPS) is 13.1. The van der Waals surface area contributed by atoms with Crippen molar-refractivity contribution in [1.29, 1.82) is 0 Å². The Kier molecular flexibility index (Phi) is 10.0. The number of rotatable bonds is 8. The van der Waals surface area contributed by atoms with Crippen molar-refractivity contribution in [3.8, 4) is 0 Å². The van der Waals surface area contributed by atoms with E-state index in [1.54, 1.807) is 0 Å². The summed E-state index contributed by atoms with van der Waals surface area (Å²) in [5.74, 6) is 0. The molecule has 0 heterocycles. The predicted molar refractivity (Wildman–Crippen MR) is 118 cm³/mol. The van der Waals surface area contributed by atoms with E-state index in [4.69, 9.17) is 10.5 Å². The van der Waals surface area contributed by atoms with E-state index in [-0.39, 0.29) is 30.6 Å². The second kappa shape index (κ2) is 11.7. The van der Waals surface area contributed by atoms with Crippen LogP contribution in [-0.2, 0) is 17.6 Å². The van der Waals surface area contributed by atoms with E-state index in [0.29, 0.717) is 0 Å². The summed E-state index contributed by atoms with van der Waals surface area (Å²) in [6, 6.07) is 20.5. The standard InChI is InChI=1S/C23H32N2O2.ClH/c1-23(2,3)27-22(26)25-21(17-19-12-8-5-9-13-19)15-14-20(24)16-18-10-6-4-7-11-18;/h4-13,20-21H,14-17,24H2,1-3H3,(H,25,26);1H/t20-,21-;/m1./s1. The molecule has 4 nitrogen and oxygen atoms in total. The van der Waals surface area contributed by atoms with Crippen LogP contribution in [0.5, 0.6) is 0 Å². The summed E-state index contributed by atoms with van der Waals surface area (Å²) in [6.07, 6.45) is 2.87. The molecule has 2 aromatic rings. The lowest BCUT2D eigenvalue weighted by Gasteiger charge is -2.24. The van der Waals surface area contributed by atoms with Crippen molar-refractivity contribution in [3.05, 3.63) is 71.8 Å². The van der Waals surface area contributed by atoms with Crippen LogP contribution in [0.4, 0.5) is 4.79 Å². The first-order valence-corrected chi connectivity index (χ1v) is 9.65. The highest BCUT2D eigenvalue weighted by molar-refractivity contribution is 5.85. The number of nitrogens with one attached hydrogen (secondary N) is 1. The van der Waals surface area contributed by atoms with Gasteiger partial charge in [0.1, 0.15) is 5.60 Å². The molecular formula is C23H33ClN2O2. The van der Waals surface area contributed by atoms with Gasteiger partial charge in [-0.2, -0.15) is 0 Å². The SMILES string of the molecule is CC(C)(C)OC(=O)N[C@H](CC[C@@H](N)Cc1ccccc1)Cc1ccccc1.Cl. The van der Waals surface area contributed by atoms with Crippen molar-refractivity contribution in [1.82, 2.24) is 5.32 Å². The highest BCUT2D eigenvalue weighted by Crippen LogP contribution is 2.13. The van der Waals surface area contributed by atoms with E-state index in [9.17, 15) is 4.79 Å². The monoisotopic (exact) mass is 404 g/mol. The van der Waals surface area contributed by atoms with Crippen molar-refractivity contribution in [2.45, 2.75) is 64.1 Å². The molecule has 2 rings (SSSR count). The van der Waals surface area contributed by atoms with E-state index in [1.165, 1.54) is 11.1 Å². The van der Waals surface area contributed by atoms with Crippen LogP contribution in [0.15, 0.2) is 60.7 Å². The fraction of sp³-hybridized carbons (Fsp3) is 0.435. The highest BCUT2D eigenvalue weighted by atomic mass is 35.5. The lowest BCUT2D eigenvalue weighted by Crippen LogP contribution is -2.41. The average Bonchev–Trinajstić information content (AvgIpc) is 2.60. The van der Waals surface area contributed by atoms with Crippen LogP contribution < -0.4 is 11.1 Å². The molecule has 0 unspecified atom stereocenters. The summed E-state index contributed by atoms with van der Waals surface area (Å²) in [5, 5.41) is 3.02. The van der Waals surface area contributed by atoms with Crippen molar-refractivity contribution < 1.29 is 9.53 Å². The van der Waals surface area contributed by atoms with Gasteiger partial charge in [-0.15, -0.1) is 12.4 Å². The smallest absolute Gasteiger partial charge is 0.407 e. The zero-order chi connectivity index (χ0) is 19.7. The van der Waals surface area contributed by atoms with E-state index in [2.05, 4.69) is 29.6 Å². The van der Waals surface area contributed by atoms with Crippen molar-refractivity contribution in [2.24, 2.45) is 5.73 Å². The Morgan fingerprint density at radius 3 is 1.93 bits per heavy atom. The van der Waals surface area contributed by atoms with Gasteiger partial charge in [-0.25, -0.2) is 4.79 Å². The number of ether oxygens (including phenoxy) is 1. The van der Waals surface area contributed by atoms with E-state index < -0.39 is 5.60 Å². The molecule has 0 radical (unpaired) electrons. The quantitative estimate of drug-likeness (QED) is 0.658. The topological polar surface area (TPSA) is 64.3 Å². The summed E-state index contributed by atoms with van der Waals surface area (Å²) < 4.78 is 5.43. The predicted octanol–water partition coefficient (Wildman–Crippen LogP) is 4.89. The molecule has 1 amide bonds. The molecule has 0 fully saturated rings. The van der Waals surface area contributed by atoms with Crippen LogP contribution in [0, 0.1) is 0 Å². The molecule has 28 heavy (non-hydrogen) atoms. The molecule has 0 saturated heterocycles. The largest absolute Gasteiger partial charge is 0.444 e. The number of hydrogen-bond donors (Lipinski definition) is 2. The van der Waals surface area contributed by atoms with Gasteiger partial charge in [-0.3, -0.25) is 0 Å². The van der Waals surface area contributed by atoms with E-state index in [1.807, 2.05) is 57.2 Å². The number of carbonyl (C=O) groups excluding carboxylic acids is 1. The molecule has 0 saturated carbocycles. The molecule has 0 aromatic heterocycles. The fourth-order valence-corrected chi connectivity index (χ4v) is 3.03.